The molecule has 0 radical (unpaired) electrons. The molecule has 0 bridgehead atoms. The van der Waals surface area contributed by atoms with Crippen molar-refractivity contribution >= 4 is 10.4 Å². The summed E-state index contributed by atoms with van der Waals surface area (Å²) in [6.45, 7) is 1.13. The lowest BCUT2D eigenvalue weighted by Crippen LogP contribution is -2.57. The predicted molar refractivity (Wildman–Crippen MR) is 27.7 cm³/mol. The maximum atomic E-state index is 10.1. The zero-order chi connectivity index (χ0) is 7.99. The molecule has 0 aromatic rings. The molecule has 1 atom stereocenters. The first kappa shape index (κ1) is 7.89. The number of rotatable bonds is 1. The van der Waals surface area contributed by atoms with Gasteiger partial charge < -0.3 is 10.2 Å². The van der Waals surface area contributed by atoms with E-state index in [9.17, 15) is 8.42 Å². The van der Waals surface area contributed by atoms with Crippen LogP contribution in [0.2, 0.25) is 0 Å². The summed E-state index contributed by atoms with van der Waals surface area (Å²) in [6.07, 6.45) is -1.41. The number of aliphatic hydroxyl groups is 2. The zero-order valence-corrected chi connectivity index (χ0v) is 5.83. The van der Waals surface area contributed by atoms with Crippen molar-refractivity contribution in [3.63, 3.8) is 0 Å². The number of hydrogen-bond acceptors (Lipinski definition) is 6. The van der Waals surface area contributed by atoms with Crippen molar-refractivity contribution in [1.82, 2.24) is 0 Å². The highest BCUT2D eigenvalue weighted by atomic mass is 32.3. The minimum Gasteiger partial charge on any atom is -0.385 e. The maximum absolute atomic E-state index is 10.1. The molecule has 0 aromatic carbocycles. The van der Waals surface area contributed by atoms with Crippen LogP contribution in [0.3, 0.4) is 0 Å². The van der Waals surface area contributed by atoms with E-state index in [4.69, 9.17) is 10.2 Å². The minimum atomic E-state index is -4.04. The Balaban J connectivity index is 2.67. The van der Waals surface area contributed by atoms with Gasteiger partial charge in [0.15, 0.2) is 0 Å². The molecule has 0 aromatic heterocycles. The Morgan fingerprint density at radius 2 is 1.90 bits per heavy atom. The molecule has 6 nitrogen and oxygen atoms in total. The smallest absolute Gasteiger partial charge is 0.385 e. The topological polar surface area (TPSA) is 93.1 Å². The van der Waals surface area contributed by atoms with Crippen LogP contribution < -0.4 is 0 Å². The lowest BCUT2D eigenvalue weighted by atomic mass is 10.3. The third-order valence-electron chi connectivity index (χ3n) is 0.971. The second kappa shape index (κ2) is 1.89. The van der Waals surface area contributed by atoms with Crippen molar-refractivity contribution in [1.29, 1.82) is 0 Å². The molecule has 1 saturated heterocycles. The summed E-state index contributed by atoms with van der Waals surface area (Å²) in [5, 5.41) is 17.3. The molecule has 1 aliphatic rings. The molecule has 1 rings (SSSR count). The molecule has 1 unspecified atom stereocenters. The van der Waals surface area contributed by atoms with E-state index < -0.39 is 22.5 Å². The first-order chi connectivity index (χ1) is 4.36. The molecule has 0 saturated carbocycles. The van der Waals surface area contributed by atoms with Gasteiger partial charge in [0.2, 0.25) is 0 Å². The molecule has 10 heavy (non-hydrogen) atoms. The Morgan fingerprint density at radius 3 is 2.00 bits per heavy atom. The standard InChI is InChI=1S/C3H6O6S/c1-2(4)3(5)8-10(6,7)9-3/h2,4-5H,1H3. The molecule has 1 fully saturated rings. The Bertz CT molecular complexity index is 215. The van der Waals surface area contributed by atoms with Crippen molar-refractivity contribution < 1.29 is 27.0 Å². The van der Waals surface area contributed by atoms with Crippen LogP contribution in [0.25, 0.3) is 0 Å². The molecule has 0 aliphatic carbocycles. The molecular weight excluding hydrogens is 164 g/mol. The van der Waals surface area contributed by atoms with E-state index in [1.807, 2.05) is 0 Å². The fourth-order valence-electron chi connectivity index (χ4n) is 0.438. The predicted octanol–water partition coefficient (Wildman–Crippen LogP) is -1.70. The lowest BCUT2D eigenvalue weighted by molar-refractivity contribution is -0.362. The highest BCUT2D eigenvalue weighted by Gasteiger charge is 2.55. The first-order valence-corrected chi connectivity index (χ1v) is 3.76. The van der Waals surface area contributed by atoms with Gasteiger partial charge in [-0.25, -0.2) is 0 Å². The highest BCUT2D eigenvalue weighted by molar-refractivity contribution is 7.82. The van der Waals surface area contributed by atoms with E-state index in [1.165, 1.54) is 0 Å². The summed E-state index contributed by atoms with van der Waals surface area (Å²) in [6, 6.07) is 0. The van der Waals surface area contributed by atoms with E-state index >= 15 is 0 Å². The number of hydrogen-bond donors (Lipinski definition) is 2. The van der Waals surface area contributed by atoms with Crippen molar-refractivity contribution in [3.05, 3.63) is 0 Å². The van der Waals surface area contributed by atoms with Crippen LogP contribution in [0.4, 0.5) is 0 Å². The van der Waals surface area contributed by atoms with Gasteiger partial charge in [0.25, 0.3) is 0 Å². The molecule has 0 spiro atoms. The van der Waals surface area contributed by atoms with Crippen LogP contribution in [-0.4, -0.2) is 30.7 Å². The zero-order valence-electron chi connectivity index (χ0n) is 5.01. The third-order valence-corrected chi connectivity index (χ3v) is 1.86. The van der Waals surface area contributed by atoms with E-state index in [2.05, 4.69) is 8.37 Å². The van der Waals surface area contributed by atoms with E-state index in [0.717, 1.165) is 6.92 Å². The van der Waals surface area contributed by atoms with Crippen LogP contribution in [0.15, 0.2) is 0 Å². The van der Waals surface area contributed by atoms with Gasteiger partial charge in [0.05, 0.1) is 0 Å². The Morgan fingerprint density at radius 1 is 1.50 bits per heavy atom. The summed E-state index contributed by atoms with van der Waals surface area (Å²) in [7, 11) is -4.04. The first-order valence-electron chi connectivity index (χ1n) is 2.42. The summed E-state index contributed by atoms with van der Waals surface area (Å²) in [5.74, 6) is -2.38. The summed E-state index contributed by atoms with van der Waals surface area (Å²) >= 11 is 0. The SMILES string of the molecule is CC(O)C1(O)OS(=O)(=O)O1. The Labute approximate surface area is 57.3 Å². The fraction of sp³-hybridized carbons (Fsp3) is 1.00. The monoisotopic (exact) mass is 170 g/mol. The van der Waals surface area contributed by atoms with Crippen molar-refractivity contribution in [2.45, 2.75) is 19.0 Å². The lowest BCUT2D eigenvalue weighted by Gasteiger charge is -2.35. The normalized spacial score (nSPS) is 30.7. The summed E-state index contributed by atoms with van der Waals surface area (Å²) in [4.78, 5) is 0. The molecular formula is C3H6O6S. The van der Waals surface area contributed by atoms with Crippen LogP contribution >= 0.6 is 0 Å². The van der Waals surface area contributed by atoms with Gasteiger partial charge in [-0.1, -0.05) is 0 Å². The van der Waals surface area contributed by atoms with Gasteiger partial charge in [-0.15, -0.1) is 0 Å². The summed E-state index contributed by atoms with van der Waals surface area (Å²) < 4.78 is 27.8. The second-order valence-corrected chi connectivity index (χ2v) is 3.03. The molecule has 1 aliphatic heterocycles. The van der Waals surface area contributed by atoms with E-state index in [0.29, 0.717) is 0 Å². The van der Waals surface area contributed by atoms with E-state index in [1.54, 1.807) is 0 Å². The van der Waals surface area contributed by atoms with Gasteiger partial charge in [-0.2, -0.15) is 16.8 Å². The largest absolute Gasteiger partial charge is 0.409 e. The van der Waals surface area contributed by atoms with Crippen molar-refractivity contribution in [3.8, 4) is 0 Å². The Hall–Kier alpha value is -0.210. The van der Waals surface area contributed by atoms with Gasteiger partial charge in [-0.3, -0.25) is 0 Å². The van der Waals surface area contributed by atoms with Crippen LogP contribution in [-0.2, 0) is 18.8 Å². The average Bonchev–Trinajstić information content (AvgIpc) is 1.59. The summed E-state index contributed by atoms with van der Waals surface area (Å²) in [5.41, 5.74) is 0. The quantitative estimate of drug-likeness (QED) is 0.487. The maximum Gasteiger partial charge on any atom is 0.409 e. The molecule has 0 amide bonds. The van der Waals surface area contributed by atoms with Crippen LogP contribution in [0, 0.1) is 0 Å². The van der Waals surface area contributed by atoms with Crippen molar-refractivity contribution in [2.24, 2.45) is 0 Å². The Kier molecular flexibility index (Phi) is 1.49. The molecule has 60 valence electrons. The minimum absolute atomic E-state index is 1.13. The van der Waals surface area contributed by atoms with Crippen LogP contribution in [0.5, 0.6) is 0 Å². The van der Waals surface area contributed by atoms with E-state index in [-0.39, 0.29) is 0 Å². The fourth-order valence-corrected chi connectivity index (χ4v) is 1.31. The van der Waals surface area contributed by atoms with Gasteiger partial charge in [0.1, 0.15) is 6.10 Å². The molecule has 7 heteroatoms. The second-order valence-electron chi connectivity index (χ2n) is 1.88. The van der Waals surface area contributed by atoms with Crippen LogP contribution in [0.1, 0.15) is 6.92 Å². The van der Waals surface area contributed by atoms with Gasteiger partial charge in [0, 0.05) is 0 Å². The van der Waals surface area contributed by atoms with Gasteiger partial charge >= 0.3 is 16.4 Å². The van der Waals surface area contributed by atoms with Crippen molar-refractivity contribution in [2.75, 3.05) is 0 Å². The third kappa shape index (κ3) is 1.13. The number of aliphatic hydroxyl groups excluding tert-OH is 1. The van der Waals surface area contributed by atoms with Gasteiger partial charge in [-0.05, 0) is 6.92 Å². The average molecular weight is 170 g/mol. The molecule has 2 N–H and O–H groups in total. The highest BCUT2D eigenvalue weighted by Crippen LogP contribution is 2.30. The molecule has 1 heterocycles.